The van der Waals surface area contributed by atoms with E-state index in [1.165, 1.54) is 178 Å². The van der Waals surface area contributed by atoms with E-state index in [-0.39, 0.29) is 0 Å². The number of alkyl halides is 2. The lowest BCUT2D eigenvalue weighted by Crippen LogP contribution is -1.96. The Labute approximate surface area is 326 Å². The van der Waals surface area contributed by atoms with Crippen LogP contribution in [0.3, 0.4) is 0 Å². The molecule has 0 N–H and O–H groups in total. The van der Waals surface area contributed by atoms with Gasteiger partial charge in [0.2, 0.25) is 0 Å². The van der Waals surface area contributed by atoms with Gasteiger partial charge in [0.15, 0.2) is 0 Å². The normalized spacial score (nSPS) is 13.4. The number of aryl methyl sites for hydroxylation is 2. The summed E-state index contributed by atoms with van der Waals surface area (Å²) in [5, 5.41) is -0.941. The molecule has 2 atom stereocenters. The molecule has 50 heavy (non-hydrogen) atoms. The molecule has 2 aromatic carbocycles. The Kier molecular flexibility index (Phi) is 29.3. The number of rotatable bonds is 34. The zero-order valence-corrected chi connectivity index (χ0v) is 36.2. The highest BCUT2D eigenvalue weighted by Gasteiger charge is 2.17. The van der Waals surface area contributed by atoms with Crippen molar-refractivity contribution in [2.45, 2.75) is 204 Å². The van der Waals surface area contributed by atoms with Gasteiger partial charge in [0, 0.05) is 0 Å². The predicted molar refractivity (Wildman–Crippen MR) is 226 cm³/mol. The van der Waals surface area contributed by atoms with Crippen LogP contribution in [0.4, 0.5) is 0 Å². The van der Waals surface area contributed by atoms with Crippen molar-refractivity contribution in [1.82, 2.24) is 0 Å². The number of hydrogen-bond acceptors (Lipinski definition) is 3. The van der Waals surface area contributed by atoms with Crippen LogP contribution in [-0.2, 0) is 26.5 Å². The average Bonchev–Trinajstić information content (AvgIpc) is 3.12. The van der Waals surface area contributed by atoms with Crippen LogP contribution in [0.2, 0.25) is 0 Å². The highest BCUT2D eigenvalue weighted by molar-refractivity contribution is 9.09. The average molecular weight is 841 g/mol. The SMILES string of the molecule is CCCCCCCCCCCCCCCc1ccc(C(Br)O[PH](=O)OC(Br)c2ccc(CCCCCCCCCCCCCCC)cc2)cc1. The third kappa shape index (κ3) is 24.0. The Morgan fingerprint density at radius 2 is 0.660 bits per heavy atom. The van der Waals surface area contributed by atoms with Crippen LogP contribution in [0.15, 0.2) is 48.5 Å². The maximum absolute atomic E-state index is 12.7. The van der Waals surface area contributed by atoms with Crippen molar-refractivity contribution in [2.75, 3.05) is 0 Å². The van der Waals surface area contributed by atoms with Gasteiger partial charge in [0.05, 0.1) is 0 Å². The van der Waals surface area contributed by atoms with Crippen LogP contribution in [0.1, 0.15) is 213 Å². The molecule has 0 fully saturated rings. The molecule has 0 saturated carbocycles. The third-order valence-electron chi connectivity index (χ3n) is 10.0. The molecule has 0 aromatic heterocycles. The van der Waals surface area contributed by atoms with Crippen molar-refractivity contribution in [2.24, 2.45) is 0 Å². The summed E-state index contributed by atoms with van der Waals surface area (Å²) in [5.41, 5.74) is 4.59. The van der Waals surface area contributed by atoms with Gasteiger partial charge < -0.3 is 0 Å². The molecule has 6 heteroatoms. The van der Waals surface area contributed by atoms with Gasteiger partial charge in [-0.3, -0.25) is 13.6 Å². The fourth-order valence-electron chi connectivity index (χ4n) is 6.70. The largest absolute Gasteiger partial charge is 0.321 e. The van der Waals surface area contributed by atoms with Gasteiger partial charge in [-0.2, -0.15) is 0 Å². The third-order valence-corrected chi connectivity index (χ3v) is 13.0. The monoisotopic (exact) mass is 838 g/mol. The molecule has 0 aliphatic heterocycles. The second kappa shape index (κ2) is 32.0. The minimum Gasteiger partial charge on any atom is -0.291 e. The fourth-order valence-corrected chi connectivity index (χ4v) is 8.89. The first-order chi connectivity index (χ1) is 24.5. The topological polar surface area (TPSA) is 35.5 Å². The van der Waals surface area contributed by atoms with E-state index in [2.05, 4.69) is 94.2 Å². The first-order valence-corrected chi connectivity index (χ1v) is 23.9. The Morgan fingerprint density at radius 3 is 0.920 bits per heavy atom. The van der Waals surface area contributed by atoms with Gasteiger partial charge in [0.25, 0.3) is 0 Å². The van der Waals surface area contributed by atoms with Crippen LogP contribution in [0.5, 0.6) is 0 Å². The zero-order valence-electron chi connectivity index (χ0n) is 32.1. The summed E-state index contributed by atoms with van der Waals surface area (Å²) >= 11 is 7.11. The van der Waals surface area contributed by atoms with Crippen molar-refractivity contribution in [1.29, 1.82) is 0 Å². The van der Waals surface area contributed by atoms with Gasteiger partial charge in [-0.25, -0.2) is 0 Å². The summed E-state index contributed by atoms with van der Waals surface area (Å²) in [6.07, 6.45) is 38.1. The molecule has 286 valence electrons. The van der Waals surface area contributed by atoms with Gasteiger partial charge >= 0.3 is 8.25 Å². The number of benzene rings is 2. The Hall–Kier alpha value is -0.450. The maximum Gasteiger partial charge on any atom is 0.321 e. The predicted octanol–water partition coefficient (Wildman–Crippen LogP) is 16.9. The standard InChI is InChI=1S/C44H73Br2O3P/c1-3-5-7-9-11-13-15-17-19-21-23-25-27-29-39-31-35-41(36-32-39)43(45)48-50(47)49-44(46)42-37-33-40(34-38-42)30-28-26-24-22-20-18-16-14-12-10-8-6-4-2/h31-38,43-44,50H,3-30H2,1-2H3. The first kappa shape index (κ1) is 45.7. The van der Waals surface area contributed by atoms with Crippen LogP contribution < -0.4 is 0 Å². The van der Waals surface area contributed by atoms with Crippen molar-refractivity contribution >= 4 is 40.1 Å². The number of unbranched alkanes of at least 4 members (excludes halogenated alkanes) is 24. The van der Waals surface area contributed by atoms with E-state index in [9.17, 15) is 4.57 Å². The molecule has 0 saturated heterocycles. The van der Waals surface area contributed by atoms with E-state index in [1.807, 2.05) is 0 Å². The van der Waals surface area contributed by atoms with Gasteiger partial charge in [-0.1, -0.05) is 248 Å². The summed E-state index contributed by atoms with van der Waals surface area (Å²) in [4.78, 5) is 0. The van der Waals surface area contributed by atoms with Crippen molar-refractivity contribution in [3.63, 3.8) is 0 Å². The van der Waals surface area contributed by atoms with E-state index >= 15 is 0 Å². The van der Waals surface area contributed by atoms with Crippen LogP contribution in [-0.4, -0.2) is 0 Å². The van der Waals surface area contributed by atoms with Gasteiger partial charge in [0.1, 0.15) is 10.0 Å². The minimum atomic E-state index is -2.72. The molecule has 0 amide bonds. The summed E-state index contributed by atoms with van der Waals surface area (Å²) in [7, 11) is -2.72. The molecular weight excluding hydrogens is 767 g/mol. The molecule has 0 bridgehead atoms. The summed E-state index contributed by atoms with van der Waals surface area (Å²) < 4.78 is 24.2. The molecular formula is C44H73Br2O3P. The van der Waals surface area contributed by atoms with Crippen molar-refractivity contribution in [3.05, 3.63) is 70.8 Å². The molecule has 0 aliphatic carbocycles. The fraction of sp³-hybridized carbons (Fsp3) is 0.727. The van der Waals surface area contributed by atoms with E-state index in [1.54, 1.807) is 0 Å². The minimum absolute atomic E-state index is 0.471. The second-order valence-electron chi connectivity index (χ2n) is 14.6. The highest BCUT2D eigenvalue weighted by Crippen LogP contribution is 2.42. The molecule has 0 spiro atoms. The number of hydrogen-bond donors (Lipinski definition) is 0. The summed E-state index contributed by atoms with van der Waals surface area (Å²) in [6.45, 7) is 4.57. The Morgan fingerprint density at radius 1 is 0.420 bits per heavy atom. The lowest BCUT2D eigenvalue weighted by atomic mass is 10.0. The van der Waals surface area contributed by atoms with Crippen molar-refractivity contribution in [3.8, 4) is 0 Å². The van der Waals surface area contributed by atoms with Crippen LogP contribution in [0.25, 0.3) is 0 Å². The Bertz CT molecular complexity index is 978. The van der Waals surface area contributed by atoms with Crippen LogP contribution >= 0.6 is 40.1 Å². The lowest BCUT2D eigenvalue weighted by Gasteiger charge is -2.15. The second-order valence-corrected chi connectivity index (χ2v) is 17.2. The molecule has 0 aliphatic rings. The zero-order chi connectivity index (χ0) is 35.9. The highest BCUT2D eigenvalue weighted by atomic mass is 79.9. The quantitative estimate of drug-likeness (QED) is 0.0400. The number of halogens is 2. The van der Waals surface area contributed by atoms with E-state index in [0.29, 0.717) is 0 Å². The molecule has 3 nitrogen and oxygen atoms in total. The van der Waals surface area contributed by atoms with E-state index in [0.717, 1.165) is 24.0 Å². The molecule has 0 radical (unpaired) electrons. The Balaban J connectivity index is 1.51. The molecule has 2 rings (SSSR count). The summed E-state index contributed by atoms with van der Waals surface area (Å²) in [5.74, 6) is 0. The van der Waals surface area contributed by atoms with Crippen molar-refractivity contribution < 1.29 is 13.6 Å². The summed E-state index contributed by atoms with van der Waals surface area (Å²) in [6, 6.07) is 16.9. The molecule has 2 aromatic rings. The van der Waals surface area contributed by atoms with Gasteiger partial charge in [-0.15, -0.1) is 0 Å². The molecule has 0 heterocycles. The van der Waals surface area contributed by atoms with E-state index < -0.39 is 18.3 Å². The smallest absolute Gasteiger partial charge is 0.291 e. The lowest BCUT2D eigenvalue weighted by molar-refractivity contribution is 0.209. The van der Waals surface area contributed by atoms with Crippen LogP contribution in [0, 0.1) is 0 Å². The van der Waals surface area contributed by atoms with E-state index in [4.69, 9.17) is 9.05 Å². The first-order valence-electron chi connectivity index (χ1n) is 20.9. The molecule has 2 unspecified atom stereocenters. The van der Waals surface area contributed by atoms with Gasteiger partial charge in [-0.05, 0) is 47.9 Å². The maximum atomic E-state index is 12.7.